The fourth-order valence-corrected chi connectivity index (χ4v) is 3.76. The molecule has 0 aliphatic carbocycles. The molecule has 0 unspecified atom stereocenters. The standard InChI is InChI=1S/C19H22N4O4/c24-17-6-2-10-22(17)13-19(26)21-9-1-4-14(12-21)23-18(25)8-7-15(20-23)16-5-3-11-27-16/h3,5,7-8,11,14H,1-2,4,6,9-10,12-13H2/t14-/m1/s1. The Morgan fingerprint density at radius 2 is 2.07 bits per heavy atom. The minimum Gasteiger partial charge on any atom is -0.463 e. The van der Waals surface area contributed by atoms with Crippen molar-refractivity contribution in [3.63, 3.8) is 0 Å². The molecule has 8 heteroatoms. The first kappa shape index (κ1) is 17.5. The number of piperidine rings is 1. The number of hydrogen-bond acceptors (Lipinski definition) is 5. The molecular weight excluding hydrogens is 348 g/mol. The summed E-state index contributed by atoms with van der Waals surface area (Å²) < 4.78 is 6.82. The van der Waals surface area contributed by atoms with Gasteiger partial charge in [0.25, 0.3) is 5.56 Å². The fourth-order valence-electron chi connectivity index (χ4n) is 3.76. The molecule has 4 heterocycles. The van der Waals surface area contributed by atoms with Crippen LogP contribution >= 0.6 is 0 Å². The van der Waals surface area contributed by atoms with E-state index >= 15 is 0 Å². The van der Waals surface area contributed by atoms with Gasteiger partial charge in [0.1, 0.15) is 5.69 Å². The first-order valence-electron chi connectivity index (χ1n) is 9.31. The van der Waals surface area contributed by atoms with E-state index in [0.29, 0.717) is 37.5 Å². The molecule has 1 atom stereocenters. The number of amides is 2. The van der Waals surface area contributed by atoms with Crippen molar-refractivity contribution in [1.82, 2.24) is 19.6 Å². The van der Waals surface area contributed by atoms with Gasteiger partial charge in [0.15, 0.2) is 5.76 Å². The molecule has 2 fully saturated rings. The van der Waals surface area contributed by atoms with Crippen LogP contribution in [0, 0.1) is 0 Å². The Morgan fingerprint density at radius 3 is 2.81 bits per heavy atom. The van der Waals surface area contributed by atoms with Crippen molar-refractivity contribution >= 4 is 11.8 Å². The lowest BCUT2D eigenvalue weighted by atomic mass is 10.1. The van der Waals surface area contributed by atoms with Crippen LogP contribution in [-0.4, -0.2) is 57.6 Å². The van der Waals surface area contributed by atoms with E-state index in [9.17, 15) is 14.4 Å². The van der Waals surface area contributed by atoms with Crippen molar-refractivity contribution in [2.24, 2.45) is 0 Å². The van der Waals surface area contributed by atoms with Gasteiger partial charge in [-0.25, -0.2) is 4.68 Å². The lowest BCUT2D eigenvalue weighted by Gasteiger charge is -2.34. The van der Waals surface area contributed by atoms with Gasteiger partial charge in [-0.15, -0.1) is 0 Å². The van der Waals surface area contributed by atoms with Gasteiger partial charge in [-0.3, -0.25) is 14.4 Å². The zero-order valence-electron chi connectivity index (χ0n) is 15.0. The van der Waals surface area contributed by atoms with E-state index in [0.717, 1.165) is 19.3 Å². The summed E-state index contributed by atoms with van der Waals surface area (Å²) in [5.41, 5.74) is 0.394. The van der Waals surface area contributed by atoms with E-state index in [4.69, 9.17) is 4.42 Å². The van der Waals surface area contributed by atoms with E-state index in [1.807, 2.05) is 0 Å². The topological polar surface area (TPSA) is 88.7 Å². The molecule has 0 saturated carbocycles. The molecule has 0 spiro atoms. The van der Waals surface area contributed by atoms with Gasteiger partial charge in [0, 0.05) is 32.1 Å². The number of nitrogens with zero attached hydrogens (tertiary/aromatic N) is 4. The molecule has 0 bridgehead atoms. The minimum absolute atomic E-state index is 0.0425. The monoisotopic (exact) mass is 370 g/mol. The van der Waals surface area contributed by atoms with Crippen molar-refractivity contribution in [2.75, 3.05) is 26.2 Å². The zero-order chi connectivity index (χ0) is 18.8. The lowest BCUT2D eigenvalue weighted by Crippen LogP contribution is -2.47. The number of furan rings is 1. The van der Waals surface area contributed by atoms with Gasteiger partial charge in [-0.2, -0.15) is 5.10 Å². The summed E-state index contributed by atoms with van der Waals surface area (Å²) in [7, 11) is 0. The molecule has 8 nitrogen and oxygen atoms in total. The van der Waals surface area contributed by atoms with Gasteiger partial charge in [-0.1, -0.05) is 0 Å². The zero-order valence-corrected chi connectivity index (χ0v) is 15.0. The van der Waals surface area contributed by atoms with E-state index < -0.39 is 0 Å². The third-order valence-corrected chi connectivity index (χ3v) is 5.19. The Morgan fingerprint density at radius 1 is 1.19 bits per heavy atom. The molecule has 142 valence electrons. The molecule has 0 radical (unpaired) electrons. The summed E-state index contributed by atoms with van der Waals surface area (Å²) in [5.74, 6) is 0.575. The third kappa shape index (κ3) is 3.65. The predicted octanol–water partition coefficient (Wildman–Crippen LogP) is 1.29. The number of hydrogen-bond donors (Lipinski definition) is 0. The van der Waals surface area contributed by atoms with Gasteiger partial charge in [0.05, 0.1) is 18.8 Å². The Bertz CT molecular complexity index is 889. The van der Waals surface area contributed by atoms with Crippen molar-refractivity contribution in [3.05, 3.63) is 40.9 Å². The highest BCUT2D eigenvalue weighted by Crippen LogP contribution is 2.22. The maximum absolute atomic E-state index is 12.6. The van der Waals surface area contributed by atoms with Crippen LogP contribution in [0.25, 0.3) is 11.5 Å². The fraction of sp³-hybridized carbons (Fsp3) is 0.474. The van der Waals surface area contributed by atoms with Gasteiger partial charge in [0.2, 0.25) is 11.8 Å². The quantitative estimate of drug-likeness (QED) is 0.809. The van der Waals surface area contributed by atoms with Crippen LogP contribution < -0.4 is 5.56 Å². The molecule has 2 aromatic heterocycles. The molecule has 2 saturated heterocycles. The van der Waals surface area contributed by atoms with Gasteiger partial charge >= 0.3 is 0 Å². The second kappa shape index (κ2) is 7.38. The van der Waals surface area contributed by atoms with Gasteiger partial charge < -0.3 is 14.2 Å². The average molecular weight is 370 g/mol. The summed E-state index contributed by atoms with van der Waals surface area (Å²) in [6, 6.07) is 6.50. The largest absolute Gasteiger partial charge is 0.463 e. The van der Waals surface area contributed by atoms with Crippen molar-refractivity contribution in [1.29, 1.82) is 0 Å². The molecular formula is C19H22N4O4. The first-order valence-corrected chi connectivity index (χ1v) is 9.31. The SMILES string of the molecule is O=C1CCCN1CC(=O)N1CCC[C@@H](n2nc(-c3ccco3)ccc2=O)C1. The summed E-state index contributed by atoms with van der Waals surface area (Å²) in [5, 5.41) is 4.46. The van der Waals surface area contributed by atoms with Crippen molar-refractivity contribution in [3.8, 4) is 11.5 Å². The molecule has 2 aliphatic rings. The first-order chi connectivity index (χ1) is 13.1. The number of aromatic nitrogens is 2. The second-order valence-electron chi connectivity index (χ2n) is 7.03. The van der Waals surface area contributed by atoms with E-state index in [1.165, 1.54) is 10.7 Å². The minimum atomic E-state index is -0.195. The summed E-state index contributed by atoms with van der Waals surface area (Å²) in [4.78, 5) is 40.1. The van der Waals surface area contributed by atoms with Crippen LogP contribution in [0.15, 0.2) is 39.7 Å². The summed E-state index contributed by atoms with van der Waals surface area (Å²) in [6.45, 7) is 1.84. The van der Waals surface area contributed by atoms with Crippen LogP contribution in [0.5, 0.6) is 0 Å². The smallest absolute Gasteiger partial charge is 0.267 e. The lowest BCUT2D eigenvalue weighted by molar-refractivity contribution is -0.139. The Hall–Kier alpha value is -2.90. The number of rotatable bonds is 4. The van der Waals surface area contributed by atoms with E-state index in [1.54, 1.807) is 34.3 Å². The molecule has 2 amide bonds. The molecule has 0 aromatic carbocycles. The third-order valence-electron chi connectivity index (χ3n) is 5.19. The summed E-state index contributed by atoms with van der Waals surface area (Å²) in [6.07, 6.45) is 4.47. The predicted molar refractivity (Wildman–Crippen MR) is 96.9 cm³/mol. The maximum atomic E-state index is 12.6. The molecule has 0 N–H and O–H groups in total. The van der Waals surface area contributed by atoms with Crippen LogP contribution in [0.3, 0.4) is 0 Å². The van der Waals surface area contributed by atoms with Crippen molar-refractivity contribution in [2.45, 2.75) is 31.7 Å². The second-order valence-corrected chi connectivity index (χ2v) is 7.03. The number of likely N-dealkylation sites (tertiary alicyclic amines) is 2. The van der Waals surface area contributed by atoms with E-state index in [2.05, 4.69) is 5.10 Å². The van der Waals surface area contributed by atoms with Crippen LogP contribution in [0.2, 0.25) is 0 Å². The Balaban J connectivity index is 1.49. The molecule has 4 rings (SSSR count). The highest BCUT2D eigenvalue weighted by Gasteiger charge is 2.29. The molecule has 2 aliphatic heterocycles. The van der Waals surface area contributed by atoms with Crippen molar-refractivity contribution < 1.29 is 14.0 Å². The highest BCUT2D eigenvalue weighted by molar-refractivity contribution is 5.85. The Labute approximate surface area is 156 Å². The van der Waals surface area contributed by atoms with E-state index in [-0.39, 0.29) is 30.0 Å². The van der Waals surface area contributed by atoms with Crippen LogP contribution in [0.1, 0.15) is 31.7 Å². The van der Waals surface area contributed by atoms with Gasteiger partial charge in [-0.05, 0) is 37.5 Å². The summed E-state index contributed by atoms with van der Waals surface area (Å²) >= 11 is 0. The maximum Gasteiger partial charge on any atom is 0.267 e. The number of carbonyl (C=O) groups is 2. The molecule has 27 heavy (non-hydrogen) atoms. The van der Waals surface area contributed by atoms with Crippen LogP contribution in [0.4, 0.5) is 0 Å². The Kier molecular flexibility index (Phi) is 4.79. The normalized spacial score (nSPS) is 20.3. The molecule has 2 aromatic rings. The highest BCUT2D eigenvalue weighted by atomic mass is 16.3. The average Bonchev–Trinajstić information content (AvgIpc) is 3.35. The van der Waals surface area contributed by atoms with Crippen LogP contribution in [-0.2, 0) is 9.59 Å². The number of carbonyl (C=O) groups excluding carboxylic acids is 2.